The van der Waals surface area contributed by atoms with Gasteiger partial charge in [-0.25, -0.2) is 0 Å². The van der Waals surface area contributed by atoms with Crippen LogP contribution in [0.5, 0.6) is 0 Å². The van der Waals surface area contributed by atoms with Gasteiger partial charge in [-0.2, -0.15) is 0 Å². The number of nitrogens with one attached hydrogen (secondary N) is 1. The zero-order valence-electron chi connectivity index (χ0n) is 17.9. The fraction of sp³-hybridized carbons (Fsp3) is 0.138. The number of nitrogens with zero attached hydrogens (tertiary/aromatic N) is 1. The van der Waals surface area contributed by atoms with Gasteiger partial charge in [0.25, 0.3) is 5.91 Å². The molecule has 0 unspecified atom stereocenters. The fourth-order valence-corrected chi connectivity index (χ4v) is 4.42. The third-order valence-corrected chi connectivity index (χ3v) is 6.11. The molecule has 3 nitrogen and oxygen atoms in total. The highest BCUT2D eigenvalue weighted by atomic mass is 16.1. The smallest absolute Gasteiger partial charge is 0.252 e. The summed E-state index contributed by atoms with van der Waals surface area (Å²) in [5.74, 6) is -0.0687. The first-order valence-corrected chi connectivity index (χ1v) is 11.1. The minimum atomic E-state index is -0.189. The Bertz CT molecular complexity index is 1150. The van der Waals surface area contributed by atoms with E-state index in [1.165, 1.54) is 16.8 Å². The van der Waals surface area contributed by atoms with Crippen molar-refractivity contribution in [2.24, 2.45) is 0 Å². The van der Waals surface area contributed by atoms with Crippen LogP contribution in [0.2, 0.25) is 0 Å². The summed E-state index contributed by atoms with van der Waals surface area (Å²) < 4.78 is 0. The molecule has 1 aliphatic heterocycles. The highest BCUT2D eigenvalue weighted by molar-refractivity contribution is 5.94. The van der Waals surface area contributed by atoms with Crippen LogP contribution in [-0.2, 0) is 13.0 Å². The van der Waals surface area contributed by atoms with Crippen LogP contribution in [0.15, 0.2) is 109 Å². The third kappa shape index (κ3) is 4.28. The van der Waals surface area contributed by atoms with Gasteiger partial charge in [-0.05, 0) is 46.9 Å². The molecular formula is C29H26N2O. The number of fused-ring (bicyclic) bond motifs is 1. The average molecular weight is 419 g/mol. The molecule has 4 aromatic rings. The average Bonchev–Trinajstić information content (AvgIpc) is 3.27. The van der Waals surface area contributed by atoms with Gasteiger partial charge in [-0.15, -0.1) is 0 Å². The van der Waals surface area contributed by atoms with Crippen molar-refractivity contribution in [1.82, 2.24) is 5.32 Å². The minimum absolute atomic E-state index is 0.0687. The van der Waals surface area contributed by atoms with E-state index in [0.717, 1.165) is 30.6 Å². The molecule has 0 bridgehead atoms. The number of hydrogen-bond donors (Lipinski definition) is 1. The van der Waals surface area contributed by atoms with Gasteiger partial charge in [0.15, 0.2) is 0 Å². The molecule has 158 valence electrons. The summed E-state index contributed by atoms with van der Waals surface area (Å²) in [6.07, 6.45) is 1.09. The highest BCUT2D eigenvalue weighted by Gasteiger charge is 2.19. The molecule has 0 saturated heterocycles. The van der Waals surface area contributed by atoms with Crippen molar-refractivity contribution in [2.45, 2.75) is 19.0 Å². The van der Waals surface area contributed by atoms with Crippen LogP contribution in [-0.4, -0.2) is 12.5 Å². The Morgan fingerprint density at radius 1 is 0.750 bits per heavy atom. The van der Waals surface area contributed by atoms with Gasteiger partial charge in [0, 0.05) is 24.3 Å². The molecule has 1 heterocycles. The second-order valence-corrected chi connectivity index (χ2v) is 8.23. The van der Waals surface area contributed by atoms with Gasteiger partial charge in [-0.3, -0.25) is 4.79 Å². The van der Waals surface area contributed by atoms with E-state index in [1.54, 1.807) is 0 Å². The predicted molar refractivity (Wildman–Crippen MR) is 130 cm³/mol. The Labute approximate surface area is 189 Å². The molecule has 0 aromatic heterocycles. The Morgan fingerprint density at radius 3 is 2.00 bits per heavy atom. The van der Waals surface area contributed by atoms with Crippen LogP contribution in [0.1, 0.15) is 38.7 Å². The number of hydrogen-bond acceptors (Lipinski definition) is 2. The van der Waals surface area contributed by atoms with Crippen LogP contribution >= 0.6 is 0 Å². The fourth-order valence-electron chi connectivity index (χ4n) is 4.42. The van der Waals surface area contributed by atoms with E-state index in [0.29, 0.717) is 5.56 Å². The SMILES string of the molecule is O=C(NC(c1ccccc1)c1ccccc1)c1ccc(CN2CCc3ccccc32)cc1. The van der Waals surface area contributed by atoms with Crippen molar-refractivity contribution in [3.05, 3.63) is 137 Å². The van der Waals surface area contributed by atoms with Crippen LogP contribution < -0.4 is 10.2 Å². The summed E-state index contributed by atoms with van der Waals surface area (Å²) in [7, 11) is 0. The molecule has 32 heavy (non-hydrogen) atoms. The van der Waals surface area contributed by atoms with E-state index in [4.69, 9.17) is 0 Å². The lowest BCUT2D eigenvalue weighted by Gasteiger charge is -2.21. The molecule has 0 saturated carbocycles. The molecule has 1 aliphatic rings. The lowest BCUT2D eigenvalue weighted by molar-refractivity contribution is 0.0943. The van der Waals surface area contributed by atoms with Crippen molar-refractivity contribution >= 4 is 11.6 Å². The zero-order valence-corrected chi connectivity index (χ0v) is 17.9. The number of benzene rings is 4. The van der Waals surface area contributed by atoms with E-state index < -0.39 is 0 Å². The van der Waals surface area contributed by atoms with E-state index in [-0.39, 0.29) is 11.9 Å². The van der Waals surface area contributed by atoms with Crippen LogP contribution in [0, 0.1) is 0 Å². The first-order valence-electron chi connectivity index (χ1n) is 11.1. The Morgan fingerprint density at radius 2 is 1.34 bits per heavy atom. The summed E-state index contributed by atoms with van der Waals surface area (Å²) in [4.78, 5) is 15.5. The molecule has 0 fully saturated rings. The molecule has 0 radical (unpaired) electrons. The lowest BCUT2D eigenvalue weighted by atomic mass is 9.98. The summed E-state index contributed by atoms with van der Waals surface area (Å²) >= 11 is 0. The molecule has 3 heteroatoms. The first kappa shape index (κ1) is 20.1. The maximum absolute atomic E-state index is 13.1. The summed E-state index contributed by atoms with van der Waals surface area (Å²) in [5, 5.41) is 3.22. The van der Waals surface area contributed by atoms with Gasteiger partial charge in [0.05, 0.1) is 6.04 Å². The van der Waals surface area contributed by atoms with E-state index in [1.807, 2.05) is 48.5 Å². The van der Waals surface area contributed by atoms with Crippen LogP contribution in [0.3, 0.4) is 0 Å². The Hall–Kier alpha value is -3.85. The van der Waals surface area contributed by atoms with Gasteiger partial charge < -0.3 is 10.2 Å². The highest BCUT2D eigenvalue weighted by Crippen LogP contribution is 2.29. The van der Waals surface area contributed by atoms with Crippen molar-refractivity contribution < 1.29 is 4.79 Å². The van der Waals surface area contributed by atoms with Crippen molar-refractivity contribution in [3.63, 3.8) is 0 Å². The van der Waals surface area contributed by atoms with E-state index >= 15 is 0 Å². The summed E-state index contributed by atoms with van der Waals surface area (Å²) in [5.41, 5.74) is 6.75. The molecule has 5 rings (SSSR count). The van der Waals surface area contributed by atoms with Crippen LogP contribution in [0.4, 0.5) is 5.69 Å². The summed E-state index contributed by atoms with van der Waals surface area (Å²) in [6.45, 7) is 1.90. The quantitative estimate of drug-likeness (QED) is 0.431. The van der Waals surface area contributed by atoms with Crippen LogP contribution in [0.25, 0.3) is 0 Å². The minimum Gasteiger partial charge on any atom is -0.367 e. The predicted octanol–water partition coefficient (Wildman–Crippen LogP) is 5.77. The first-order chi connectivity index (χ1) is 15.8. The van der Waals surface area contributed by atoms with Gasteiger partial charge >= 0.3 is 0 Å². The van der Waals surface area contributed by atoms with Crippen molar-refractivity contribution in [1.29, 1.82) is 0 Å². The standard InChI is InChI=1S/C29H26N2O/c32-29(30-28(24-10-3-1-4-11-24)25-12-5-2-6-13-25)26-17-15-22(16-18-26)21-31-20-19-23-9-7-8-14-27(23)31/h1-18,28H,19-21H2,(H,30,32). The normalized spacial score (nSPS) is 12.6. The zero-order chi connectivity index (χ0) is 21.8. The maximum Gasteiger partial charge on any atom is 0.252 e. The maximum atomic E-state index is 13.1. The number of amides is 1. The molecule has 1 amide bonds. The second-order valence-electron chi connectivity index (χ2n) is 8.23. The molecular weight excluding hydrogens is 392 g/mol. The summed E-state index contributed by atoms with van der Waals surface area (Å²) in [6, 6.07) is 36.6. The Kier molecular flexibility index (Phi) is 5.71. The van der Waals surface area contributed by atoms with Gasteiger partial charge in [0.1, 0.15) is 0 Å². The van der Waals surface area contributed by atoms with Gasteiger partial charge in [0.2, 0.25) is 0 Å². The molecule has 1 N–H and O–H groups in total. The van der Waals surface area contributed by atoms with E-state index in [2.05, 4.69) is 70.9 Å². The topological polar surface area (TPSA) is 32.3 Å². The number of para-hydroxylation sites is 1. The third-order valence-electron chi connectivity index (χ3n) is 6.11. The van der Waals surface area contributed by atoms with Gasteiger partial charge in [-0.1, -0.05) is 91.0 Å². The number of rotatable bonds is 6. The molecule has 0 spiro atoms. The monoisotopic (exact) mass is 418 g/mol. The molecule has 4 aromatic carbocycles. The number of anilines is 1. The van der Waals surface area contributed by atoms with Crippen molar-refractivity contribution in [3.8, 4) is 0 Å². The lowest BCUT2D eigenvalue weighted by Crippen LogP contribution is -2.29. The molecule has 0 aliphatic carbocycles. The van der Waals surface area contributed by atoms with Crippen molar-refractivity contribution in [2.75, 3.05) is 11.4 Å². The number of carbonyl (C=O) groups excluding carboxylic acids is 1. The van der Waals surface area contributed by atoms with E-state index in [9.17, 15) is 4.79 Å². The number of carbonyl (C=O) groups is 1. The largest absolute Gasteiger partial charge is 0.367 e. The Balaban J connectivity index is 1.31. The molecule has 0 atom stereocenters. The second kappa shape index (κ2) is 9.11.